The Morgan fingerprint density at radius 2 is 1.89 bits per heavy atom. The van der Waals surface area contributed by atoms with Gasteiger partial charge in [-0.3, -0.25) is 4.68 Å². The summed E-state index contributed by atoms with van der Waals surface area (Å²) in [7, 11) is 0. The molecule has 1 N–H and O–H groups in total. The van der Waals surface area contributed by atoms with Gasteiger partial charge in [0.15, 0.2) is 0 Å². The van der Waals surface area contributed by atoms with E-state index in [0.717, 1.165) is 31.3 Å². The third-order valence-corrected chi connectivity index (χ3v) is 4.33. The SMILES string of the molecule is CCc1cc(CNC2CC(C)CC(C)C2)n(CC)n1. The van der Waals surface area contributed by atoms with Crippen molar-refractivity contribution in [1.29, 1.82) is 0 Å². The number of aromatic nitrogens is 2. The molecule has 1 heterocycles. The molecule has 1 aromatic rings. The van der Waals surface area contributed by atoms with Gasteiger partial charge in [-0.25, -0.2) is 0 Å². The van der Waals surface area contributed by atoms with Crippen molar-refractivity contribution in [3.8, 4) is 0 Å². The Balaban J connectivity index is 1.92. The molecular weight excluding hydrogens is 234 g/mol. The molecule has 1 aliphatic rings. The van der Waals surface area contributed by atoms with Crippen molar-refractivity contribution in [3.05, 3.63) is 17.5 Å². The highest BCUT2D eigenvalue weighted by Crippen LogP contribution is 2.28. The molecule has 2 unspecified atom stereocenters. The molecule has 1 saturated carbocycles. The van der Waals surface area contributed by atoms with Crippen LogP contribution in [-0.2, 0) is 19.5 Å². The Hall–Kier alpha value is -0.830. The zero-order chi connectivity index (χ0) is 13.8. The maximum atomic E-state index is 4.62. The molecule has 0 spiro atoms. The summed E-state index contributed by atoms with van der Waals surface area (Å²) in [5, 5.41) is 8.37. The molecule has 3 heteroatoms. The Morgan fingerprint density at radius 1 is 1.21 bits per heavy atom. The van der Waals surface area contributed by atoms with Crippen LogP contribution in [0.1, 0.15) is 58.3 Å². The summed E-state index contributed by atoms with van der Waals surface area (Å²) < 4.78 is 2.14. The van der Waals surface area contributed by atoms with Gasteiger partial charge in [0.1, 0.15) is 0 Å². The van der Waals surface area contributed by atoms with Crippen LogP contribution in [0.25, 0.3) is 0 Å². The summed E-state index contributed by atoms with van der Waals surface area (Å²) in [5.41, 5.74) is 2.55. The van der Waals surface area contributed by atoms with Crippen LogP contribution in [-0.4, -0.2) is 15.8 Å². The van der Waals surface area contributed by atoms with Gasteiger partial charge in [0.05, 0.1) is 11.4 Å². The van der Waals surface area contributed by atoms with Crippen molar-refractivity contribution < 1.29 is 0 Å². The van der Waals surface area contributed by atoms with Crippen molar-refractivity contribution in [3.63, 3.8) is 0 Å². The molecule has 3 nitrogen and oxygen atoms in total. The summed E-state index contributed by atoms with van der Waals surface area (Å²) >= 11 is 0. The van der Waals surface area contributed by atoms with E-state index in [1.54, 1.807) is 0 Å². The normalized spacial score (nSPS) is 27.7. The van der Waals surface area contributed by atoms with Crippen LogP contribution >= 0.6 is 0 Å². The molecule has 0 radical (unpaired) electrons. The first-order valence-corrected chi connectivity index (χ1v) is 7.91. The Kier molecular flexibility index (Phi) is 5.03. The van der Waals surface area contributed by atoms with E-state index in [1.165, 1.54) is 30.7 Å². The second-order valence-electron chi connectivity index (χ2n) is 6.29. The highest BCUT2D eigenvalue weighted by Gasteiger charge is 2.23. The van der Waals surface area contributed by atoms with Crippen molar-refractivity contribution >= 4 is 0 Å². The molecule has 0 amide bonds. The van der Waals surface area contributed by atoms with Gasteiger partial charge in [-0.2, -0.15) is 5.10 Å². The zero-order valence-corrected chi connectivity index (χ0v) is 12.9. The second-order valence-corrected chi connectivity index (χ2v) is 6.29. The van der Waals surface area contributed by atoms with Crippen LogP contribution in [0.15, 0.2) is 6.07 Å². The molecule has 0 aromatic carbocycles. The summed E-state index contributed by atoms with van der Waals surface area (Å²) in [6, 6.07) is 2.94. The van der Waals surface area contributed by atoms with Crippen LogP contribution < -0.4 is 5.32 Å². The third kappa shape index (κ3) is 3.82. The first kappa shape index (κ1) is 14.6. The average molecular weight is 263 g/mol. The zero-order valence-electron chi connectivity index (χ0n) is 12.9. The Bertz CT molecular complexity index is 387. The number of aryl methyl sites for hydroxylation is 2. The van der Waals surface area contributed by atoms with Gasteiger partial charge in [-0.15, -0.1) is 0 Å². The predicted octanol–water partition coefficient (Wildman–Crippen LogP) is 3.38. The summed E-state index contributed by atoms with van der Waals surface area (Å²) in [6.45, 7) is 11.0. The van der Waals surface area contributed by atoms with Crippen LogP contribution in [0.4, 0.5) is 0 Å². The predicted molar refractivity (Wildman–Crippen MR) is 80.1 cm³/mol. The van der Waals surface area contributed by atoms with E-state index in [-0.39, 0.29) is 0 Å². The average Bonchev–Trinajstić information content (AvgIpc) is 2.77. The van der Waals surface area contributed by atoms with E-state index >= 15 is 0 Å². The molecule has 108 valence electrons. The monoisotopic (exact) mass is 263 g/mol. The van der Waals surface area contributed by atoms with Gasteiger partial charge in [-0.05, 0) is 50.5 Å². The maximum Gasteiger partial charge on any atom is 0.0625 e. The molecule has 1 fully saturated rings. The highest BCUT2D eigenvalue weighted by atomic mass is 15.3. The van der Waals surface area contributed by atoms with Gasteiger partial charge in [-0.1, -0.05) is 20.8 Å². The number of nitrogens with zero attached hydrogens (tertiary/aromatic N) is 2. The first-order valence-electron chi connectivity index (χ1n) is 7.91. The minimum atomic E-state index is 0.684. The largest absolute Gasteiger partial charge is 0.308 e. The van der Waals surface area contributed by atoms with Gasteiger partial charge in [0, 0.05) is 19.1 Å². The lowest BCUT2D eigenvalue weighted by Gasteiger charge is -2.32. The highest BCUT2D eigenvalue weighted by molar-refractivity contribution is 5.10. The quantitative estimate of drug-likeness (QED) is 0.882. The fourth-order valence-electron chi connectivity index (χ4n) is 3.47. The Morgan fingerprint density at radius 3 is 2.47 bits per heavy atom. The maximum absolute atomic E-state index is 4.62. The fourth-order valence-corrected chi connectivity index (χ4v) is 3.47. The molecule has 0 bridgehead atoms. The molecule has 0 aliphatic heterocycles. The van der Waals surface area contributed by atoms with Crippen LogP contribution in [0, 0.1) is 11.8 Å². The van der Waals surface area contributed by atoms with Crippen molar-refractivity contribution in [1.82, 2.24) is 15.1 Å². The lowest BCUT2D eigenvalue weighted by atomic mass is 9.80. The summed E-state index contributed by atoms with van der Waals surface area (Å²) in [5.74, 6) is 1.73. The van der Waals surface area contributed by atoms with Crippen LogP contribution in [0.5, 0.6) is 0 Å². The number of nitrogens with one attached hydrogen (secondary N) is 1. The van der Waals surface area contributed by atoms with Gasteiger partial charge >= 0.3 is 0 Å². The van der Waals surface area contributed by atoms with E-state index in [9.17, 15) is 0 Å². The molecule has 0 saturated heterocycles. The van der Waals surface area contributed by atoms with E-state index in [2.05, 4.69) is 48.9 Å². The van der Waals surface area contributed by atoms with E-state index in [1.807, 2.05) is 0 Å². The molecule has 19 heavy (non-hydrogen) atoms. The number of rotatable bonds is 5. The topological polar surface area (TPSA) is 29.9 Å². The summed E-state index contributed by atoms with van der Waals surface area (Å²) in [6.07, 6.45) is 5.07. The second kappa shape index (κ2) is 6.56. The molecule has 2 atom stereocenters. The van der Waals surface area contributed by atoms with E-state index < -0.39 is 0 Å². The number of hydrogen-bond acceptors (Lipinski definition) is 2. The fraction of sp³-hybridized carbons (Fsp3) is 0.812. The minimum absolute atomic E-state index is 0.684. The third-order valence-electron chi connectivity index (χ3n) is 4.33. The van der Waals surface area contributed by atoms with Crippen LogP contribution in [0.2, 0.25) is 0 Å². The smallest absolute Gasteiger partial charge is 0.0625 e. The van der Waals surface area contributed by atoms with E-state index in [4.69, 9.17) is 0 Å². The van der Waals surface area contributed by atoms with Crippen LogP contribution in [0.3, 0.4) is 0 Å². The van der Waals surface area contributed by atoms with Crippen molar-refractivity contribution in [2.75, 3.05) is 0 Å². The van der Waals surface area contributed by atoms with Gasteiger partial charge < -0.3 is 5.32 Å². The van der Waals surface area contributed by atoms with Crippen molar-refractivity contribution in [2.24, 2.45) is 11.8 Å². The minimum Gasteiger partial charge on any atom is -0.308 e. The summed E-state index contributed by atoms with van der Waals surface area (Å²) in [4.78, 5) is 0. The van der Waals surface area contributed by atoms with Gasteiger partial charge in [0.2, 0.25) is 0 Å². The van der Waals surface area contributed by atoms with Crippen molar-refractivity contribution in [2.45, 2.75) is 72.5 Å². The molecule has 1 aromatic heterocycles. The number of hydrogen-bond donors (Lipinski definition) is 1. The lowest BCUT2D eigenvalue weighted by Crippen LogP contribution is -2.36. The Labute approximate surface area is 117 Å². The van der Waals surface area contributed by atoms with E-state index in [0.29, 0.717) is 6.04 Å². The molecule has 2 rings (SSSR count). The first-order chi connectivity index (χ1) is 9.12. The molecule has 1 aliphatic carbocycles. The molecular formula is C16H29N3. The standard InChI is InChI=1S/C16H29N3/c1-5-14-10-16(19(6-2)18-14)11-17-15-8-12(3)7-13(4)9-15/h10,12-13,15,17H,5-9,11H2,1-4H3. The van der Waals surface area contributed by atoms with Gasteiger partial charge in [0.25, 0.3) is 0 Å². The lowest BCUT2D eigenvalue weighted by molar-refractivity contribution is 0.237.